The maximum atomic E-state index is 13.1. The Hall–Kier alpha value is -3.50. The molecule has 0 fully saturated rings. The molecule has 0 saturated carbocycles. The van der Waals surface area contributed by atoms with Gasteiger partial charge in [0, 0.05) is 25.7 Å². The van der Waals surface area contributed by atoms with Crippen LogP contribution in [0.2, 0.25) is 0 Å². The van der Waals surface area contributed by atoms with Crippen molar-refractivity contribution in [2.45, 2.75) is 367 Å². The molecule has 0 saturated heterocycles. The summed E-state index contributed by atoms with van der Waals surface area (Å²) in [7, 11) is -9.95. The minimum absolute atomic E-state index is 0.0782. The molecule has 3 N–H and O–H groups in total. The molecule has 0 rings (SSSR count). The molecule has 0 bridgehead atoms. The van der Waals surface area contributed by atoms with Gasteiger partial charge in [-0.1, -0.05) is 274 Å². The van der Waals surface area contributed by atoms with E-state index in [1.165, 1.54) is 109 Å². The molecule has 3 unspecified atom stereocenters. The molecule has 0 aliphatic carbocycles. The summed E-state index contributed by atoms with van der Waals surface area (Å²) in [5.41, 5.74) is 0. The zero-order chi connectivity index (χ0) is 71.8. The maximum Gasteiger partial charge on any atom is 0.472 e. The Bertz CT molecular complexity index is 2140. The minimum Gasteiger partial charge on any atom is -0.462 e. The summed E-state index contributed by atoms with van der Waals surface area (Å²) in [5.74, 6) is -2.19. The third-order valence-corrected chi connectivity index (χ3v) is 18.5. The second kappa shape index (κ2) is 71.9. The number of rotatable bonds is 74. The van der Waals surface area contributed by atoms with E-state index in [-0.39, 0.29) is 25.7 Å². The average molecular weight is 1430 g/mol. The Labute approximate surface area is 596 Å². The van der Waals surface area contributed by atoms with E-state index in [1.807, 2.05) is 0 Å². The zero-order valence-corrected chi connectivity index (χ0v) is 64.0. The summed E-state index contributed by atoms with van der Waals surface area (Å²) in [4.78, 5) is 72.9. The van der Waals surface area contributed by atoms with Gasteiger partial charge in [0.1, 0.15) is 19.3 Å². The summed E-state index contributed by atoms with van der Waals surface area (Å²) in [6, 6.07) is 0. The fraction of sp³-hybridized carbons (Fsp3) is 0.797. The number of phosphoric acid groups is 2. The van der Waals surface area contributed by atoms with Crippen molar-refractivity contribution in [3.63, 3.8) is 0 Å². The van der Waals surface area contributed by atoms with Crippen LogP contribution in [0.4, 0.5) is 0 Å². The molecular weight excluding hydrogens is 1280 g/mol. The van der Waals surface area contributed by atoms with Crippen molar-refractivity contribution in [1.29, 1.82) is 0 Å². The number of hydrogen-bond acceptors (Lipinski definition) is 15. The monoisotopic (exact) mass is 1420 g/mol. The van der Waals surface area contributed by atoms with Crippen LogP contribution >= 0.6 is 15.6 Å². The van der Waals surface area contributed by atoms with Crippen LogP contribution in [0.15, 0.2) is 72.9 Å². The number of phosphoric ester groups is 2. The number of allylic oxidation sites excluding steroid dienone is 12. The van der Waals surface area contributed by atoms with Crippen LogP contribution in [-0.2, 0) is 65.4 Å². The Balaban J connectivity index is 5.36. The molecule has 0 heterocycles. The Morgan fingerprint density at radius 2 is 0.500 bits per heavy atom. The molecule has 17 nitrogen and oxygen atoms in total. The van der Waals surface area contributed by atoms with E-state index in [4.69, 9.17) is 37.0 Å². The van der Waals surface area contributed by atoms with E-state index in [1.54, 1.807) is 0 Å². The molecule has 0 aromatic rings. The molecule has 0 amide bonds. The van der Waals surface area contributed by atoms with E-state index in [2.05, 4.69) is 101 Å². The molecule has 0 aliphatic heterocycles. The van der Waals surface area contributed by atoms with Gasteiger partial charge < -0.3 is 33.8 Å². The average Bonchev–Trinajstić information content (AvgIpc) is 1.04. The van der Waals surface area contributed by atoms with Crippen molar-refractivity contribution >= 4 is 39.5 Å². The Morgan fingerprint density at radius 3 is 0.776 bits per heavy atom. The summed E-state index contributed by atoms with van der Waals surface area (Å²) in [6.45, 7) is 4.80. The van der Waals surface area contributed by atoms with Crippen LogP contribution in [0.3, 0.4) is 0 Å². The van der Waals surface area contributed by atoms with E-state index < -0.39 is 97.5 Å². The Kier molecular flexibility index (Phi) is 69.3. The predicted molar refractivity (Wildman–Crippen MR) is 400 cm³/mol. The van der Waals surface area contributed by atoms with Crippen molar-refractivity contribution in [2.75, 3.05) is 39.6 Å². The number of unbranched alkanes of at least 4 members (excludes halogenated alkanes) is 36. The topological polar surface area (TPSA) is 237 Å². The van der Waals surface area contributed by atoms with Crippen LogP contribution in [0.25, 0.3) is 0 Å². The number of esters is 4. The van der Waals surface area contributed by atoms with Crippen LogP contribution in [-0.4, -0.2) is 96.7 Å². The molecular formula is C79H142O17P2. The van der Waals surface area contributed by atoms with Gasteiger partial charge in [0.05, 0.1) is 26.4 Å². The molecule has 0 aliphatic rings. The van der Waals surface area contributed by atoms with Crippen molar-refractivity contribution in [3.05, 3.63) is 72.9 Å². The quantitative estimate of drug-likeness (QED) is 0.0169. The smallest absolute Gasteiger partial charge is 0.462 e. The molecule has 5 atom stereocenters. The van der Waals surface area contributed by atoms with Gasteiger partial charge in [-0.25, -0.2) is 9.13 Å². The van der Waals surface area contributed by atoms with Gasteiger partial charge in [-0.05, 0) is 122 Å². The maximum absolute atomic E-state index is 13.1. The van der Waals surface area contributed by atoms with Gasteiger partial charge in [0.25, 0.3) is 0 Å². The van der Waals surface area contributed by atoms with Crippen molar-refractivity contribution in [1.82, 2.24) is 0 Å². The highest BCUT2D eigenvalue weighted by molar-refractivity contribution is 7.47. The van der Waals surface area contributed by atoms with Crippen LogP contribution in [0.5, 0.6) is 0 Å². The number of hydrogen-bond donors (Lipinski definition) is 3. The summed E-state index contributed by atoms with van der Waals surface area (Å²) < 4.78 is 68.5. The number of carbonyl (C=O) groups is 4. The standard InChI is InChI=1S/C79H142O17P2/c1-5-9-13-17-21-25-29-33-36-40-43-47-51-55-59-63-76(81)89-69-74(95-78(83)65-61-57-53-49-45-39-32-28-24-20-16-12-8-4)71-93-97(85,86)91-67-73(80)68-92-98(87,88)94-72-75(96-79(84)66-62-58-54-50-46-42-38-35-31-27-23-19-15-11-7-3)70-90-77(82)64-60-56-52-48-44-41-37-34-30-26-22-18-14-10-6-2/h21-23,25-27,33-38,73-75,80H,5-20,24,28-32,39-72H2,1-4H3,(H,85,86)(H,87,88)/t73?,74-,75-/m1/s1. The van der Waals surface area contributed by atoms with Gasteiger partial charge in [-0.15, -0.1) is 0 Å². The molecule has 0 aromatic carbocycles. The van der Waals surface area contributed by atoms with E-state index >= 15 is 0 Å². The second-order valence-corrected chi connectivity index (χ2v) is 29.2. The molecule has 570 valence electrons. The summed E-state index contributed by atoms with van der Waals surface area (Å²) in [6.07, 6.45) is 71.6. The van der Waals surface area contributed by atoms with E-state index in [0.717, 1.165) is 161 Å². The fourth-order valence-electron chi connectivity index (χ4n) is 10.6. The van der Waals surface area contributed by atoms with Gasteiger partial charge in [0.2, 0.25) is 0 Å². The van der Waals surface area contributed by atoms with E-state index in [0.29, 0.717) is 25.7 Å². The number of aliphatic hydroxyl groups excluding tert-OH is 1. The normalized spacial score (nSPS) is 14.3. The predicted octanol–water partition coefficient (Wildman–Crippen LogP) is 22.4. The zero-order valence-electron chi connectivity index (χ0n) is 62.2. The molecule has 0 spiro atoms. The number of ether oxygens (including phenoxy) is 4. The molecule has 98 heavy (non-hydrogen) atoms. The molecule has 19 heteroatoms. The first-order valence-corrected chi connectivity index (χ1v) is 42.2. The van der Waals surface area contributed by atoms with Crippen molar-refractivity contribution in [2.24, 2.45) is 0 Å². The van der Waals surface area contributed by atoms with Crippen molar-refractivity contribution < 1.29 is 80.2 Å². The van der Waals surface area contributed by atoms with Crippen LogP contribution in [0.1, 0.15) is 349 Å². The molecule has 0 aromatic heterocycles. The highest BCUT2D eigenvalue weighted by atomic mass is 31.2. The van der Waals surface area contributed by atoms with Gasteiger partial charge in [0.15, 0.2) is 12.2 Å². The lowest BCUT2D eigenvalue weighted by molar-refractivity contribution is -0.161. The van der Waals surface area contributed by atoms with Gasteiger partial charge in [-0.2, -0.15) is 0 Å². The van der Waals surface area contributed by atoms with Gasteiger partial charge >= 0.3 is 39.5 Å². The lowest BCUT2D eigenvalue weighted by atomic mass is 10.0. The first-order valence-electron chi connectivity index (χ1n) is 39.2. The van der Waals surface area contributed by atoms with Gasteiger partial charge in [-0.3, -0.25) is 37.3 Å². The lowest BCUT2D eigenvalue weighted by Gasteiger charge is -2.21. The SMILES string of the molecule is CCCCCC=CCC=CCCCCCCCC(=O)OC[C@H](COP(=O)(O)OCC(O)COP(=O)(O)OC[C@@H](COC(=O)CCCCCCCC=CCC=CCCCCC)OC(=O)CCCCCCCCCCCCCCC)OC(=O)CCCCCCCC=CCC=CCCCCC. The summed E-state index contributed by atoms with van der Waals surface area (Å²) in [5, 5.41) is 10.6. The first-order chi connectivity index (χ1) is 47.7. The number of aliphatic hydroxyl groups is 1. The number of carbonyl (C=O) groups excluding carboxylic acids is 4. The Morgan fingerprint density at radius 1 is 0.286 bits per heavy atom. The molecule has 0 radical (unpaired) electrons. The van der Waals surface area contributed by atoms with Crippen molar-refractivity contribution in [3.8, 4) is 0 Å². The fourth-order valence-corrected chi connectivity index (χ4v) is 12.2. The summed E-state index contributed by atoms with van der Waals surface area (Å²) >= 11 is 0. The van der Waals surface area contributed by atoms with E-state index in [9.17, 15) is 43.2 Å². The largest absolute Gasteiger partial charge is 0.472 e. The lowest BCUT2D eigenvalue weighted by Crippen LogP contribution is -2.30. The third kappa shape index (κ3) is 70.9. The highest BCUT2D eigenvalue weighted by Gasteiger charge is 2.30. The minimum atomic E-state index is -4.98. The first kappa shape index (κ1) is 94.5. The second-order valence-electron chi connectivity index (χ2n) is 26.3. The third-order valence-electron chi connectivity index (χ3n) is 16.6. The highest BCUT2D eigenvalue weighted by Crippen LogP contribution is 2.45. The van der Waals surface area contributed by atoms with Crippen LogP contribution < -0.4 is 0 Å². The van der Waals surface area contributed by atoms with Crippen LogP contribution in [0, 0.1) is 0 Å².